The first-order chi connectivity index (χ1) is 7.45. The third-order valence-corrected chi connectivity index (χ3v) is 4.92. The lowest BCUT2D eigenvalue weighted by Gasteiger charge is -2.48. The first-order valence-electron chi connectivity index (χ1n) is 6.32. The van der Waals surface area contributed by atoms with E-state index in [0.717, 1.165) is 19.3 Å². The highest BCUT2D eigenvalue weighted by atomic mass is 16.1. The SMILES string of the molecule is C=C(C)[C@@H]1CCC2C(=O)C=C[C@@H](C)[C@]2(C)C1. The molecule has 88 valence electrons. The Kier molecular flexibility index (Phi) is 2.81. The second-order valence-electron chi connectivity index (χ2n) is 5.93. The van der Waals surface area contributed by atoms with Crippen LogP contribution in [0.25, 0.3) is 0 Å². The Morgan fingerprint density at radius 3 is 2.81 bits per heavy atom. The molecule has 4 atom stereocenters. The minimum atomic E-state index is 0.160. The summed E-state index contributed by atoms with van der Waals surface area (Å²) in [5.74, 6) is 1.73. The van der Waals surface area contributed by atoms with E-state index in [1.54, 1.807) is 6.08 Å². The third kappa shape index (κ3) is 1.66. The number of hydrogen-bond donors (Lipinski definition) is 0. The van der Waals surface area contributed by atoms with E-state index in [9.17, 15) is 4.79 Å². The normalized spacial score (nSPS) is 42.9. The van der Waals surface area contributed by atoms with E-state index in [2.05, 4.69) is 33.4 Å². The molecule has 0 heterocycles. The summed E-state index contributed by atoms with van der Waals surface area (Å²) in [7, 11) is 0. The second-order valence-corrected chi connectivity index (χ2v) is 5.93. The maximum atomic E-state index is 11.9. The summed E-state index contributed by atoms with van der Waals surface area (Å²) in [5, 5.41) is 0. The highest BCUT2D eigenvalue weighted by Gasteiger charge is 2.47. The van der Waals surface area contributed by atoms with E-state index in [-0.39, 0.29) is 11.3 Å². The number of allylic oxidation sites excluding steroid dienone is 3. The summed E-state index contributed by atoms with van der Waals surface area (Å²) in [4.78, 5) is 11.9. The Labute approximate surface area is 98.6 Å². The molecular formula is C15H22O. The zero-order valence-corrected chi connectivity index (χ0v) is 10.6. The Morgan fingerprint density at radius 1 is 1.50 bits per heavy atom. The highest BCUT2D eigenvalue weighted by molar-refractivity contribution is 5.93. The average molecular weight is 218 g/mol. The number of carbonyl (C=O) groups is 1. The lowest BCUT2D eigenvalue weighted by atomic mass is 9.55. The van der Waals surface area contributed by atoms with Crippen LogP contribution in [0.15, 0.2) is 24.3 Å². The molecule has 0 aromatic heterocycles. The van der Waals surface area contributed by atoms with Crippen molar-refractivity contribution in [2.45, 2.75) is 40.0 Å². The molecule has 2 aliphatic carbocycles. The lowest BCUT2D eigenvalue weighted by molar-refractivity contribution is -0.127. The second kappa shape index (κ2) is 3.87. The van der Waals surface area contributed by atoms with Gasteiger partial charge in [-0.3, -0.25) is 4.79 Å². The van der Waals surface area contributed by atoms with Crippen LogP contribution in [0.2, 0.25) is 0 Å². The van der Waals surface area contributed by atoms with Crippen molar-refractivity contribution in [1.29, 1.82) is 0 Å². The maximum Gasteiger partial charge on any atom is 0.159 e. The molecule has 1 nitrogen and oxygen atoms in total. The molecule has 1 saturated carbocycles. The summed E-state index contributed by atoms with van der Waals surface area (Å²) in [6.07, 6.45) is 7.21. The number of ketones is 1. The highest BCUT2D eigenvalue weighted by Crippen LogP contribution is 2.52. The van der Waals surface area contributed by atoms with Crippen LogP contribution in [-0.2, 0) is 4.79 Å². The van der Waals surface area contributed by atoms with E-state index >= 15 is 0 Å². The van der Waals surface area contributed by atoms with Crippen LogP contribution in [-0.4, -0.2) is 5.78 Å². The third-order valence-electron chi connectivity index (χ3n) is 4.92. The van der Waals surface area contributed by atoms with Gasteiger partial charge in [-0.05, 0) is 49.5 Å². The smallest absolute Gasteiger partial charge is 0.159 e. The first kappa shape index (κ1) is 11.6. The van der Waals surface area contributed by atoms with Crippen LogP contribution in [0, 0.1) is 23.2 Å². The molecule has 0 amide bonds. The van der Waals surface area contributed by atoms with Gasteiger partial charge in [-0.1, -0.05) is 32.1 Å². The standard InChI is InChI=1S/C15H22O/c1-10(2)12-6-7-13-14(16)8-5-11(3)15(13,4)9-12/h5,8,11-13H,1,6-7,9H2,2-4H3/t11-,12-,13?,15+/m1/s1. The number of rotatable bonds is 1. The van der Waals surface area contributed by atoms with E-state index in [4.69, 9.17) is 0 Å². The molecule has 0 aromatic rings. The van der Waals surface area contributed by atoms with Crippen LogP contribution in [0.3, 0.4) is 0 Å². The van der Waals surface area contributed by atoms with Crippen LogP contribution >= 0.6 is 0 Å². The fourth-order valence-corrected chi connectivity index (χ4v) is 3.44. The zero-order chi connectivity index (χ0) is 11.9. The Morgan fingerprint density at radius 2 is 2.19 bits per heavy atom. The van der Waals surface area contributed by atoms with Crippen molar-refractivity contribution in [2.24, 2.45) is 23.2 Å². The molecule has 1 heteroatoms. The maximum absolute atomic E-state index is 11.9. The molecule has 0 radical (unpaired) electrons. The van der Waals surface area contributed by atoms with Gasteiger partial charge in [-0.15, -0.1) is 0 Å². The summed E-state index contributed by atoms with van der Waals surface area (Å²) in [5.41, 5.74) is 1.45. The Balaban J connectivity index is 2.29. The van der Waals surface area contributed by atoms with Crippen molar-refractivity contribution in [2.75, 3.05) is 0 Å². The summed E-state index contributed by atoms with van der Waals surface area (Å²) in [6.45, 7) is 10.8. The number of carbonyl (C=O) groups excluding carboxylic acids is 1. The molecule has 0 spiro atoms. The monoisotopic (exact) mass is 218 g/mol. The molecule has 16 heavy (non-hydrogen) atoms. The van der Waals surface area contributed by atoms with Crippen molar-refractivity contribution >= 4 is 5.78 Å². The van der Waals surface area contributed by atoms with Gasteiger partial charge in [-0.25, -0.2) is 0 Å². The summed E-state index contributed by atoms with van der Waals surface area (Å²) >= 11 is 0. The molecule has 0 N–H and O–H groups in total. The molecule has 0 aromatic carbocycles. The number of fused-ring (bicyclic) bond motifs is 1. The van der Waals surface area contributed by atoms with Gasteiger partial charge >= 0.3 is 0 Å². The molecule has 0 bridgehead atoms. The minimum Gasteiger partial charge on any atom is -0.295 e. The van der Waals surface area contributed by atoms with Gasteiger partial charge in [0.05, 0.1) is 0 Å². The fourth-order valence-electron chi connectivity index (χ4n) is 3.44. The predicted molar refractivity (Wildman–Crippen MR) is 67.1 cm³/mol. The van der Waals surface area contributed by atoms with Crippen molar-refractivity contribution in [3.05, 3.63) is 24.3 Å². The van der Waals surface area contributed by atoms with Gasteiger partial charge in [0, 0.05) is 5.92 Å². The molecule has 0 saturated heterocycles. The van der Waals surface area contributed by atoms with Crippen LogP contribution in [0.4, 0.5) is 0 Å². The molecule has 0 aliphatic heterocycles. The van der Waals surface area contributed by atoms with Crippen molar-refractivity contribution in [1.82, 2.24) is 0 Å². The quantitative estimate of drug-likeness (QED) is 0.612. The number of hydrogen-bond acceptors (Lipinski definition) is 1. The van der Waals surface area contributed by atoms with E-state index < -0.39 is 0 Å². The van der Waals surface area contributed by atoms with Crippen LogP contribution in [0.1, 0.15) is 40.0 Å². The molecule has 2 aliphatic rings. The summed E-state index contributed by atoms with van der Waals surface area (Å²) < 4.78 is 0. The topological polar surface area (TPSA) is 17.1 Å². The Hall–Kier alpha value is -0.850. The van der Waals surface area contributed by atoms with Gasteiger partial charge in [0.2, 0.25) is 0 Å². The van der Waals surface area contributed by atoms with Crippen molar-refractivity contribution in [3.8, 4) is 0 Å². The first-order valence-corrected chi connectivity index (χ1v) is 6.32. The molecule has 1 fully saturated rings. The summed E-state index contributed by atoms with van der Waals surface area (Å²) in [6, 6.07) is 0. The van der Waals surface area contributed by atoms with Gasteiger partial charge in [-0.2, -0.15) is 0 Å². The minimum absolute atomic E-state index is 0.160. The van der Waals surface area contributed by atoms with Gasteiger partial charge in [0.1, 0.15) is 0 Å². The van der Waals surface area contributed by atoms with Crippen molar-refractivity contribution < 1.29 is 4.79 Å². The van der Waals surface area contributed by atoms with E-state index in [0.29, 0.717) is 17.6 Å². The molecule has 2 rings (SSSR count). The van der Waals surface area contributed by atoms with Crippen LogP contribution < -0.4 is 0 Å². The van der Waals surface area contributed by atoms with E-state index in [1.165, 1.54) is 5.57 Å². The van der Waals surface area contributed by atoms with Gasteiger partial charge in [0.15, 0.2) is 5.78 Å². The molecular weight excluding hydrogens is 196 g/mol. The average Bonchev–Trinajstić information content (AvgIpc) is 2.23. The zero-order valence-electron chi connectivity index (χ0n) is 10.6. The largest absolute Gasteiger partial charge is 0.295 e. The molecule has 1 unspecified atom stereocenters. The van der Waals surface area contributed by atoms with Crippen molar-refractivity contribution in [3.63, 3.8) is 0 Å². The lowest BCUT2D eigenvalue weighted by Crippen LogP contribution is -2.45. The van der Waals surface area contributed by atoms with Crippen LogP contribution in [0.5, 0.6) is 0 Å². The van der Waals surface area contributed by atoms with E-state index in [1.807, 2.05) is 0 Å². The van der Waals surface area contributed by atoms with Gasteiger partial charge < -0.3 is 0 Å². The Bertz CT molecular complexity index is 352. The van der Waals surface area contributed by atoms with Gasteiger partial charge in [0.25, 0.3) is 0 Å². The fraction of sp³-hybridized carbons (Fsp3) is 0.667. The predicted octanol–water partition coefficient (Wildman–Crippen LogP) is 3.76.